The predicted molar refractivity (Wildman–Crippen MR) is 86.8 cm³/mol. The Balaban J connectivity index is 2.15. The molecule has 2 N–H and O–H groups in total. The van der Waals surface area contributed by atoms with Gasteiger partial charge in [0.05, 0.1) is 12.4 Å². The van der Waals surface area contributed by atoms with Gasteiger partial charge in [0.15, 0.2) is 0 Å². The Hall–Kier alpha value is -1.66. The van der Waals surface area contributed by atoms with Crippen LogP contribution in [-0.2, 0) is 0 Å². The summed E-state index contributed by atoms with van der Waals surface area (Å²) in [5, 5.41) is 26.9. The lowest BCUT2D eigenvalue weighted by molar-refractivity contribution is 0.473. The van der Waals surface area contributed by atoms with Crippen molar-refractivity contribution in [2.24, 2.45) is 10.2 Å². The number of halogens is 2. The van der Waals surface area contributed by atoms with Gasteiger partial charge in [-0.2, -0.15) is 10.2 Å². The molecular weight excluding hydrogens is 388 g/mol. The molecule has 102 valence electrons. The molecule has 0 bridgehead atoms. The topological polar surface area (TPSA) is 65.2 Å². The van der Waals surface area contributed by atoms with Gasteiger partial charge in [-0.1, -0.05) is 31.9 Å². The zero-order valence-electron chi connectivity index (χ0n) is 10.2. The fourth-order valence-electron chi connectivity index (χ4n) is 1.45. The second-order valence-corrected chi connectivity index (χ2v) is 5.73. The Labute approximate surface area is 132 Å². The molecule has 0 spiro atoms. The maximum absolute atomic E-state index is 9.62. The predicted octanol–water partition coefficient (Wildman–Crippen LogP) is 4.08. The van der Waals surface area contributed by atoms with E-state index >= 15 is 0 Å². The minimum Gasteiger partial charge on any atom is -0.507 e. The van der Waals surface area contributed by atoms with E-state index in [1.54, 1.807) is 36.4 Å². The Kier molecular flexibility index (Phi) is 4.92. The standard InChI is InChI=1S/C14H10Br2N2O2/c15-11-1-3-13(19)9(5-11)7-17-18-8-10-6-12(16)2-4-14(10)20/h1-8,19-20H/b17-7-,18-8-. The lowest BCUT2D eigenvalue weighted by atomic mass is 10.2. The Morgan fingerprint density at radius 2 is 1.15 bits per heavy atom. The van der Waals surface area contributed by atoms with Crippen molar-refractivity contribution in [2.45, 2.75) is 0 Å². The number of hydrogen-bond donors (Lipinski definition) is 2. The third-order valence-corrected chi connectivity index (χ3v) is 3.43. The van der Waals surface area contributed by atoms with E-state index in [4.69, 9.17) is 0 Å². The van der Waals surface area contributed by atoms with Crippen LogP contribution >= 0.6 is 31.9 Å². The molecule has 0 aliphatic rings. The Morgan fingerprint density at radius 3 is 1.55 bits per heavy atom. The lowest BCUT2D eigenvalue weighted by Crippen LogP contribution is -1.84. The maximum atomic E-state index is 9.62. The highest BCUT2D eigenvalue weighted by molar-refractivity contribution is 9.10. The molecule has 0 saturated heterocycles. The molecule has 20 heavy (non-hydrogen) atoms. The molecule has 0 aliphatic carbocycles. The van der Waals surface area contributed by atoms with Crippen LogP contribution in [0.15, 0.2) is 55.5 Å². The average molecular weight is 398 g/mol. The fourth-order valence-corrected chi connectivity index (χ4v) is 2.21. The summed E-state index contributed by atoms with van der Waals surface area (Å²) in [5.41, 5.74) is 1.10. The van der Waals surface area contributed by atoms with Gasteiger partial charge in [0.2, 0.25) is 0 Å². The molecule has 2 rings (SSSR count). The van der Waals surface area contributed by atoms with Gasteiger partial charge in [0.1, 0.15) is 11.5 Å². The summed E-state index contributed by atoms with van der Waals surface area (Å²) in [6, 6.07) is 10.0. The van der Waals surface area contributed by atoms with E-state index < -0.39 is 0 Å². The van der Waals surface area contributed by atoms with Crippen LogP contribution < -0.4 is 0 Å². The molecule has 2 aromatic rings. The number of benzene rings is 2. The molecule has 4 nitrogen and oxygen atoms in total. The number of nitrogens with zero attached hydrogens (tertiary/aromatic N) is 2. The van der Waals surface area contributed by atoms with Crippen molar-refractivity contribution < 1.29 is 10.2 Å². The normalized spacial score (nSPS) is 11.5. The van der Waals surface area contributed by atoms with Crippen LogP contribution in [0.4, 0.5) is 0 Å². The van der Waals surface area contributed by atoms with Crippen LogP contribution in [0.25, 0.3) is 0 Å². The van der Waals surface area contributed by atoms with Crippen molar-refractivity contribution in [2.75, 3.05) is 0 Å². The Morgan fingerprint density at radius 1 is 0.750 bits per heavy atom. The minimum atomic E-state index is 0.123. The quantitative estimate of drug-likeness (QED) is 0.605. The van der Waals surface area contributed by atoms with Gasteiger partial charge in [0.25, 0.3) is 0 Å². The smallest absolute Gasteiger partial charge is 0.124 e. The van der Waals surface area contributed by atoms with E-state index in [-0.39, 0.29) is 11.5 Å². The van der Waals surface area contributed by atoms with E-state index in [9.17, 15) is 10.2 Å². The molecule has 0 aliphatic heterocycles. The average Bonchev–Trinajstić information content (AvgIpc) is 2.42. The number of phenolic OH excluding ortho intramolecular Hbond substituents is 2. The summed E-state index contributed by atoms with van der Waals surface area (Å²) in [6.07, 6.45) is 2.87. The molecule has 0 heterocycles. The molecule has 0 unspecified atom stereocenters. The van der Waals surface area contributed by atoms with E-state index in [0.717, 1.165) is 8.95 Å². The first kappa shape index (κ1) is 14.7. The van der Waals surface area contributed by atoms with Crippen molar-refractivity contribution in [3.63, 3.8) is 0 Å². The molecule has 6 heteroatoms. The number of hydrogen-bond acceptors (Lipinski definition) is 4. The summed E-state index contributed by atoms with van der Waals surface area (Å²) in [4.78, 5) is 0. The highest BCUT2D eigenvalue weighted by atomic mass is 79.9. The first-order chi connectivity index (χ1) is 9.56. The van der Waals surface area contributed by atoms with Crippen LogP contribution in [0.5, 0.6) is 11.5 Å². The molecule has 0 atom stereocenters. The van der Waals surface area contributed by atoms with E-state index in [0.29, 0.717) is 11.1 Å². The van der Waals surface area contributed by atoms with Crippen LogP contribution in [0, 0.1) is 0 Å². The summed E-state index contributed by atoms with van der Waals surface area (Å²) in [5.74, 6) is 0.245. The van der Waals surface area contributed by atoms with Crippen molar-refractivity contribution in [1.29, 1.82) is 0 Å². The highest BCUT2D eigenvalue weighted by Gasteiger charge is 1.99. The van der Waals surface area contributed by atoms with Crippen molar-refractivity contribution in [1.82, 2.24) is 0 Å². The van der Waals surface area contributed by atoms with Gasteiger partial charge in [-0.15, -0.1) is 0 Å². The molecule has 2 aromatic carbocycles. The molecule has 0 radical (unpaired) electrons. The van der Waals surface area contributed by atoms with E-state index in [1.165, 1.54) is 12.4 Å². The molecule has 0 saturated carbocycles. The van der Waals surface area contributed by atoms with Crippen molar-refractivity contribution in [3.05, 3.63) is 56.5 Å². The number of phenols is 2. The van der Waals surface area contributed by atoms with Crippen LogP contribution in [0.1, 0.15) is 11.1 Å². The largest absolute Gasteiger partial charge is 0.507 e. The van der Waals surface area contributed by atoms with Crippen molar-refractivity contribution in [3.8, 4) is 11.5 Å². The SMILES string of the molecule is Oc1ccc(Br)cc1/C=N\N=C/c1cc(Br)ccc1O. The van der Waals surface area contributed by atoms with Crippen molar-refractivity contribution >= 4 is 44.3 Å². The summed E-state index contributed by atoms with van der Waals surface area (Å²) in [6.45, 7) is 0. The van der Waals surface area contributed by atoms with Crippen LogP contribution in [0.2, 0.25) is 0 Å². The van der Waals surface area contributed by atoms with Gasteiger partial charge >= 0.3 is 0 Å². The van der Waals surface area contributed by atoms with E-state index in [2.05, 4.69) is 42.1 Å². The minimum absolute atomic E-state index is 0.123. The second-order valence-electron chi connectivity index (χ2n) is 3.90. The first-order valence-electron chi connectivity index (χ1n) is 5.59. The Bertz CT molecular complexity index is 625. The third kappa shape index (κ3) is 3.91. The zero-order chi connectivity index (χ0) is 14.5. The maximum Gasteiger partial charge on any atom is 0.124 e. The molecule has 0 fully saturated rings. The zero-order valence-corrected chi connectivity index (χ0v) is 13.3. The van der Waals surface area contributed by atoms with Gasteiger partial charge in [0, 0.05) is 20.1 Å². The molecule has 0 amide bonds. The molecular formula is C14H10Br2N2O2. The van der Waals surface area contributed by atoms with Gasteiger partial charge in [-0.25, -0.2) is 0 Å². The van der Waals surface area contributed by atoms with Gasteiger partial charge in [-0.3, -0.25) is 0 Å². The second kappa shape index (κ2) is 6.67. The first-order valence-corrected chi connectivity index (χ1v) is 7.18. The highest BCUT2D eigenvalue weighted by Crippen LogP contribution is 2.21. The molecule has 0 aromatic heterocycles. The summed E-state index contributed by atoms with van der Waals surface area (Å²) >= 11 is 6.62. The number of aromatic hydroxyl groups is 2. The number of rotatable bonds is 3. The lowest BCUT2D eigenvalue weighted by Gasteiger charge is -1.98. The van der Waals surface area contributed by atoms with Gasteiger partial charge < -0.3 is 10.2 Å². The fraction of sp³-hybridized carbons (Fsp3) is 0. The van der Waals surface area contributed by atoms with E-state index in [1.807, 2.05) is 0 Å². The van der Waals surface area contributed by atoms with Crippen LogP contribution in [-0.4, -0.2) is 22.6 Å². The summed E-state index contributed by atoms with van der Waals surface area (Å²) < 4.78 is 1.68. The summed E-state index contributed by atoms with van der Waals surface area (Å²) in [7, 11) is 0. The van der Waals surface area contributed by atoms with Gasteiger partial charge in [-0.05, 0) is 36.4 Å². The third-order valence-electron chi connectivity index (χ3n) is 2.44. The van der Waals surface area contributed by atoms with Crippen LogP contribution in [0.3, 0.4) is 0 Å². The monoisotopic (exact) mass is 396 g/mol.